The van der Waals surface area contributed by atoms with Crippen molar-refractivity contribution in [1.82, 2.24) is 0 Å². The van der Waals surface area contributed by atoms with E-state index in [1.54, 1.807) is 13.0 Å². The molecule has 0 aromatic carbocycles. The van der Waals surface area contributed by atoms with Gasteiger partial charge in [-0.05, 0) is 44.4 Å². The van der Waals surface area contributed by atoms with Gasteiger partial charge in [0, 0.05) is 49.6 Å². The van der Waals surface area contributed by atoms with Crippen molar-refractivity contribution < 1.29 is 9.59 Å². The normalized spacial score (nSPS) is 12.8. The van der Waals surface area contributed by atoms with Gasteiger partial charge in [-0.15, -0.1) is 6.58 Å². The number of Topliss-reactive ketones (excluding diaryl/α,β-unsaturated/α-hetero) is 1. The summed E-state index contributed by atoms with van der Waals surface area (Å²) < 4.78 is 0. The van der Waals surface area contributed by atoms with Gasteiger partial charge in [-0.25, -0.2) is 0 Å². The molecule has 0 saturated carbocycles. The molecule has 0 unspecified atom stereocenters. The zero-order chi connectivity index (χ0) is 18.8. The molecule has 0 aliphatic rings. The second-order valence-corrected chi connectivity index (χ2v) is 6.22. The molecule has 136 valence electrons. The van der Waals surface area contributed by atoms with Crippen LogP contribution in [0.15, 0.2) is 24.8 Å². The molecule has 0 aliphatic carbocycles. The van der Waals surface area contributed by atoms with E-state index in [4.69, 9.17) is 0 Å². The third-order valence-corrected chi connectivity index (χ3v) is 3.66. The molecule has 0 bridgehead atoms. The molecule has 0 saturated heterocycles. The minimum atomic E-state index is 0.129. The quantitative estimate of drug-likeness (QED) is 0.177. The van der Waals surface area contributed by atoms with E-state index in [0.717, 1.165) is 19.1 Å². The van der Waals surface area contributed by atoms with Crippen molar-refractivity contribution >= 4 is 49.3 Å². The number of allylic oxidation sites excluding steroid dienone is 3. The van der Waals surface area contributed by atoms with Crippen LogP contribution >= 0.6 is 37.2 Å². The van der Waals surface area contributed by atoms with Crippen LogP contribution in [-0.4, -0.2) is 12.1 Å². The fraction of sp³-hybridized carbons (Fsp3) is 0.684. The maximum absolute atomic E-state index is 11.4. The van der Waals surface area contributed by atoms with Crippen molar-refractivity contribution in [2.24, 2.45) is 23.7 Å². The summed E-state index contributed by atoms with van der Waals surface area (Å²) in [6, 6.07) is 0. The highest BCUT2D eigenvalue weighted by molar-refractivity contribution is 15.0. The molecular formula is C19H34I2O2. The number of rotatable bonds is 9. The lowest BCUT2D eigenvalue weighted by Crippen LogP contribution is -2.16. The summed E-state index contributed by atoms with van der Waals surface area (Å²) in [5, 5.41) is 0. The van der Waals surface area contributed by atoms with E-state index in [0.29, 0.717) is 24.2 Å². The molecule has 23 heavy (non-hydrogen) atoms. The first-order valence-electron chi connectivity index (χ1n) is 8.12. The van der Waals surface area contributed by atoms with Gasteiger partial charge in [0.2, 0.25) is 0 Å². The minimum absolute atomic E-state index is 0.129. The summed E-state index contributed by atoms with van der Waals surface area (Å²) in [6.45, 7) is 15.4. The minimum Gasteiger partial charge on any atom is -0.303 e. The first kappa shape index (κ1) is 28.1. The van der Waals surface area contributed by atoms with Gasteiger partial charge < -0.3 is 4.79 Å². The van der Waals surface area contributed by atoms with Crippen molar-refractivity contribution in [3.05, 3.63) is 24.8 Å². The number of ketones is 1. The maximum Gasteiger partial charge on any atom is 0.133 e. The largest absolute Gasteiger partial charge is 0.303 e. The first-order chi connectivity index (χ1) is 10.8. The van der Waals surface area contributed by atoms with Crippen LogP contribution in [0.3, 0.4) is 0 Å². The standard InChI is InChI=1S/C16H28O2.C3H6.I2/c1-12(2)15(10-11-17)8-6-7-9-16(13(3)4)14(5)18;1-3-2;1-2/h6-7,11-13,15-16H,8-10H2,1-5H3;3H,1H2,2H3;/b7-6-;;/t15-,16+;;/m1../s1. The fourth-order valence-electron chi connectivity index (χ4n) is 2.19. The summed E-state index contributed by atoms with van der Waals surface area (Å²) in [5.41, 5.74) is 0. The van der Waals surface area contributed by atoms with Crippen molar-refractivity contribution in [2.75, 3.05) is 0 Å². The topological polar surface area (TPSA) is 34.1 Å². The first-order valence-corrected chi connectivity index (χ1v) is 14.4. The van der Waals surface area contributed by atoms with Gasteiger partial charge in [-0.1, -0.05) is 45.9 Å². The Balaban J connectivity index is -0.000000710. The Morgan fingerprint density at radius 1 is 1.00 bits per heavy atom. The van der Waals surface area contributed by atoms with Gasteiger partial charge in [0.05, 0.1) is 0 Å². The van der Waals surface area contributed by atoms with Crippen molar-refractivity contribution in [3.8, 4) is 0 Å². The van der Waals surface area contributed by atoms with E-state index in [2.05, 4.69) is 83.7 Å². The van der Waals surface area contributed by atoms with E-state index in [-0.39, 0.29) is 11.7 Å². The number of halogens is 2. The molecule has 0 N–H and O–H groups in total. The van der Waals surface area contributed by atoms with Gasteiger partial charge >= 0.3 is 0 Å². The number of carbonyl (C=O) groups is 2. The molecule has 4 heteroatoms. The van der Waals surface area contributed by atoms with Crippen LogP contribution < -0.4 is 0 Å². The second kappa shape index (κ2) is 20.3. The Bertz CT molecular complexity index is 323. The summed E-state index contributed by atoms with van der Waals surface area (Å²) in [4.78, 5) is 22.0. The lowest BCUT2D eigenvalue weighted by atomic mass is 9.87. The Morgan fingerprint density at radius 2 is 1.43 bits per heavy atom. The maximum atomic E-state index is 11.4. The Hall–Kier alpha value is 0.280. The van der Waals surface area contributed by atoms with Gasteiger partial charge in [-0.2, -0.15) is 0 Å². The van der Waals surface area contributed by atoms with Gasteiger partial charge in [-0.3, -0.25) is 4.79 Å². The smallest absolute Gasteiger partial charge is 0.133 e. The molecule has 0 radical (unpaired) electrons. The average molecular weight is 548 g/mol. The van der Waals surface area contributed by atoms with Gasteiger partial charge in [0.1, 0.15) is 12.1 Å². The van der Waals surface area contributed by atoms with E-state index in [1.807, 2.05) is 6.92 Å². The van der Waals surface area contributed by atoms with Gasteiger partial charge in [0.25, 0.3) is 0 Å². The number of hydrogen-bond acceptors (Lipinski definition) is 2. The zero-order valence-electron chi connectivity index (χ0n) is 15.5. The van der Waals surface area contributed by atoms with Crippen LogP contribution in [0.5, 0.6) is 0 Å². The number of aldehydes is 1. The third-order valence-electron chi connectivity index (χ3n) is 3.66. The van der Waals surface area contributed by atoms with Crippen LogP contribution in [-0.2, 0) is 9.59 Å². The monoisotopic (exact) mass is 548 g/mol. The highest BCUT2D eigenvalue weighted by Gasteiger charge is 2.16. The zero-order valence-corrected chi connectivity index (χ0v) is 19.8. The Kier molecular flexibility index (Phi) is 24.8. The molecule has 2 atom stereocenters. The summed E-state index contributed by atoms with van der Waals surface area (Å²) in [5.74, 6) is 1.73. The molecule has 0 aromatic rings. The fourth-order valence-corrected chi connectivity index (χ4v) is 2.19. The van der Waals surface area contributed by atoms with E-state index in [1.165, 1.54) is 0 Å². The van der Waals surface area contributed by atoms with Crippen LogP contribution in [0.2, 0.25) is 0 Å². The molecular weight excluding hydrogens is 514 g/mol. The second-order valence-electron chi connectivity index (χ2n) is 6.22. The SMILES string of the molecule is C=CC.CC(=O)[C@@H](C/C=C\C[C@H](CC=O)C(C)C)C(C)C.II. The highest BCUT2D eigenvalue weighted by atomic mass is 128. The Labute approximate surface area is 167 Å². The highest BCUT2D eigenvalue weighted by Crippen LogP contribution is 2.20. The van der Waals surface area contributed by atoms with Crippen molar-refractivity contribution in [2.45, 2.75) is 60.8 Å². The summed E-state index contributed by atoms with van der Waals surface area (Å²) >= 11 is 4.24. The molecule has 0 spiro atoms. The molecule has 0 heterocycles. The predicted molar refractivity (Wildman–Crippen MR) is 120 cm³/mol. The molecule has 2 nitrogen and oxygen atoms in total. The van der Waals surface area contributed by atoms with Gasteiger partial charge in [0.15, 0.2) is 0 Å². The number of hydrogen-bond donors (Lipinski definition) is 0. The molecule has 0 amide bonds. The van der Waals surface area contributed by atoms with Crippen LogP contribution in [0.1, 0.15) is 60.8 Å². The Morgan fingerprint density at radius 3 is 1.74 bits per heavy atom. The number of carbonyl (C=O) groups excluding carboxylic acids is 2. The van der Waals surface area contributed by atoms with Crippen LogP contribution in [0.25, 0.3) is 0 Å². The molecule has 0 fully saturated rings. The molecule has 0 aliphatic heterocycles. The molecule has 0 aromatic heterocycles. The van der Waals surface area contributed by atoms with Crippen LogP contribution in [0, 0.1) is 23.7 Å². The summed E-state index contributed by atoms with van der Waals surface area (Å²) in [6.07, 6.45) is 9.37. The predicted octanol–water partition coefficient (Wildman–Crippen LogP) is 7.01. The lowest BCUT2D eigenvalue weighted by Gasteiger charge is -2.17. The van der Waals surface area contributed by atoms with Crippen LogP contribution in [0.4, 0.5) is 0 Å². The van der Waals surface area contributed by atoms with Crippen molar-refractivity contribution in [1.29, 1.82) is 0 Å². The van der Waals surface area contributed by atoms with E-state index >= 15 is 0 Å². The van der Waals surface area contributed by atoms with Crippen molar-refractivity contribution in [3.63, 3.8) is 0 Å². The summed E-state index contributed by atoms with van der Waals surface area (Å²) in [7, 11) is 0. The van der Waals surface area contributed by atoms with E-state index in [9.17, 15) is 9.59 Å². The molecule has 0 rings (SSSR count). The lowest BCUT2D eigenvalue weighted by molar-refractivity contribution is -0.121. The third kappa shape index (κ3) is 18.5. The average Bonchev–Trinajstić information content (AvgIpc) is 2.47. The van der Waals surface area contributed by atoms with E-state index < -0.39 is 0 Å².